The molecule has 38 heavy (non-hydrogen) atoms. The van der Waals surface area contributed by atoms with E-state index < -0.39 is 0 Å². The smallest absolute Gasteiger partial charge is 0.243 e. The molecule has 1 aliphatic heterocycles. The Balaban J connectivity index is 1.16. The first-order valence-electron chi connectivity index (χ1n) is 13.6. The molecular weight excluding hydrogens is 517 g/mol. The lowest BCUT2D eigenvalue weighted by atomic mass is 9.92. The molecule has 3 rings (SSSR count). The predicted octanol–water partition coefficient (Wildman–Crippen LogP) is 6.61. The molecule has 0 atom stereocenters. The van der Waals surface area contributed by atoms with Crippen LogP contribution in [0.15, 0.2) is 60.7 Å². The van der Waals surface area contributed by atoms with Gasteiger partial charge in [-0.2, -0.15) is 0 Å². The maximum Gasteiger partial charge on any atom is 0.243 e. The summed E-state index contributed by atoms with van der Waals surface area (Å²) in [6.45, 7) is 4.87. The third kappa shape index (κ3) is 11.8. The van der Waals surface area contributed by atoms with Gasteiger partial charge in [0.15, 0.2) is 0 Å². The van der Waals surface area contributed by atoms with E-state index in [0.717, 1.165) is 68.9 Å². The van der Waals surface area contributed by atoms with E-state index in [1.165, 1.54) is 25.3 Å². The summed E-state index contributed by atoms with van der Waals surface area (Å²) >= 11 is 11.9. The van der Waals surface area contributed by atoms with E-state index in [1.54, 1.807) is 24.3 Å². The number of nitrogens with one attached hydrogen (secondary N) is 2. The average Bonchev–Trinajstić information content (AvgIpc) is 2.93. The predicted molar refractivity (Wildman–Crippen MR) is 159 cm³/mol. The van der Waals surface area contributed by atoms with Crippen LogP contribution in [0.5, 0.6) is 0 Å². The van der Waals surface area contributed by atoms with Crippen LogP contribution in [-0.2, 0) is 9.59 Å². The SMILES string of the molecule is O=C(C=Cc1ccc(Cl)c(Cl)c1)NCCCCCN1CCC(CCCNC(=O)/C=C/c2ccccc2)CC1. The van der Waals surface area contributed by atoms with Crippen molar-refractivity contribution in [1.82, 2.24) is 15.5 Å². The molecule has 1 heterocycles. The van der Waals surface area contributed by atoms with Gasteiger partial charge < -0.3 is 15.5 Å². The molecule has 0 aliphatic carbocycles. The van der Waals surface area contributed by atoms with Crippen LogP contribution >= 0.6 is 23.2 Å². The number of rotatable bonds is 14. The molecule has 2 N–H and O–H groups in total. The quantitative estimate of drug-likeness (QED) is 0.203. The Bertz CT molecular complexity index is 1060. The Hall–Kier alpha value is -2.60. The zero-order valence-corrected chi connectivity index (χ0v) is 23.5. The van der Waals surface area contributed by atoms with Gasteiger partial charge in [0.25, 0.3) is 0 Å². The van der Waals surface area contributed by atoms with E-state index in [2.05, 4.69) is 15.5 Å². The normalized spacial score (nSPS) is 14.8. The number of benzene rings is 2. The molecule has 0 spiro atoms. The second kappa shape index (κ2) is 17.1. The van der Waals surface area contributed by atoms with Crippen molar-refractivity contribution in [2.75, 3.05) is 32.7 Å². The number of carbonyl (C=O) groups excluding carboxylic acids is 2. The number of hydrogen-bond donors (Lipinski definition) is 2. The standard InChI is InChI=1S/C31H39Cl2N3O2/c32-28-14-11-27(24-29(28)33)13-16-31(38)34-19-5-2-6-21-36-22-17-26(18-23-36)10-7-20-35-30(37)15-12-25-8-3-1-4-9-25/h1,3-4,8-9,11-16,24,26H,2,5-7,10,17-23H2,(H,34,38)(H,35,37)/b15-12+,16-13?. The van der Waals surface area contributed by atoms with Crippen molar-refractivity contribution in [2.24, 2.45) is 5.92 Å². The first-order chi connectivity index (χ1) is 18.5. The summed E-state index contributed by atoms with van der Waals surface area (Å²) in [5, 5.41) is 6.92. The fourth-order valence-electron chi connectivity index (χ4n) is 4.59. The molecule has 2 amide bonds. The first-order valence-corrected chi connectivity index (χ1v) is 14.4. The molecule has 0 unspecified atom stereocenters. The molecule has 204 valence electrons. The van der Waals surface area contributed by atoms with Crippen LogP contribution in [-0.4, -0.2) is 49.4 Å². The van der Waals surface area contributed by atoms with E-state index >= 15 is 0 Å². The monoisotopic (exact) mass is 555 g/mol. The highest BCUT2D eigenvalue weighted by molar-refractivity contribution is 6.42. The van der Waals surface area contributed by atoms with Gasteiger partial charge in [0.05, 0.1) is 10.0 Å². The van der Waals surface area contributed by atoms with Crippen molar-refractivity contribution in [2.45, 2.75) is 44.9 Å². The highest BCUT2D eigenvalue weighted by Gasteiger charge is 2.18. The minimum absolute atomic E-state index is 0.0250. The zero-order valence-electron chi connectivity index (χ0n) is 22.0. The van der Waals surface area contributed by atoms with Gasteiger partial charge in [0.1, 0.15) is 0 Å². The lowest BCUT2D eigenvalue weighted by Gasteiger charge is -2.32. The maximum absolute atomic E-state index is 12.0. The van der Waals surface area contributed by atoms with Gasteiger partial charge >= 0.3 is 0 Å². The summed E-state index contributed by atoms with van der Waals surface area (Å²) in [7, 11) is 0. The number of amides is 2. The van der Waals surface area contributed by atoms with E-state index in [0.29, 0.717) is 16.6 Å². The Labute approximate surface area is 237 Å². The van der Waals surface area contributed by atoms with Crippen LogP contribution in [0, 0.1) is 5.92 Å². The molecule has 2 aromatic rings. The lowest BCUT2D eigenvalue weighted by molar-refractivity contribution is -0.117. The highest BCUT2D eigenvalue weighted by atomic mass is 35.5. The van der Waals surface area contributed by atoms with Crippen molar-refractivity contribution in [3.8, 4) is 0 Å². The molecule has 5 nitrogen and oxygen atoms in total. The summed E-state index contributed by atoms with van der Waals surface area (Å²) in [6.07, 6.45) is 14.7. The van der Waals surface area contributed by atoms with E-state index in [4.69, 9.17) is 23.2 Å². The van der Waals surface area contributed by atoms with E-state index in [1.807, 2.05) is 42.5 Å². The van der Waals surface area contributed by atoms with Crippen molar-refractivity contribution in [3.05, 3.63) is 81.9 Å². The van der Waals surface area contributed by atoms with Crippen molar-refractivity contribution in [1.29, 1.82) is 0 Å². The second-order valence-corrected chi connectivity index (χ2v) is 10.6. The molecule has 0 saturated carbocycles. The van der Waals surface area contributed by atoms with Gasteiger partial charge in [-0.1, -0.05) is 66.0 Å². The molecule has 7 heteroatoms. The Kier molecular flexibility index (Phi) is 13.5. The summed E-state index contributed by atoms with van der Waals surface area (Å²) in [5.74, 6) is 0.638. The molecule has 1 fully saturated rings. The van der Waals surface area contributed by atoms with Gasteiger partial charge in [-0.3, -0.25) is 9.59 Å². The minimum atomic E-state index is -0.0960. The van der Waals surface area contributed by atoms with Crippen LogP contribution in [0.3, 0.4) is 0 Å². The topological polar surface area (TPSA) is 61.4 Å². The van der Waals surface area contributed by atoms with E-state index in [-0.39, 0.29) is 11.8 Å². The Morgan fingerprint density at radius 1 is 0.789 bits per heavy atom. The average molecular weight is 557 g/mol. The van der Waals surface area contributed by atoms with Crippen LogP contribution in [0.2, 0.25) is 10.0 Å². The van der Waals surface area contributed by atoms with Gasteiger partial charge in [0.2, 0.25) is 11.8 Å². The summed E-state index contributed by atoms with van der Waals surface area (Å²) < 4.78 is 0. The molecule has 0 radical (unpaired) electrons. The van der Waals surface area contributed by atoms with Crippen molar-refractivity contribution in [3.63, 3.8) is 0 Å². The first kappa shape index (κ1) is 29.9. The van der Waals surface area contributed by atoms with Crippen LogP contribution < -0.4 is 10.6 Å². The molecule has 2 aromatic carbocycles. The van der Waals surface area contributed by atoms with Crippen molar-refractivity contribution < 1.29 is 9.59 Å². The number of halogens is 2. The number of carbonyl (C=O) groups is 2. The molecule has 0 bridgehead atoms. The number of unbranched alkanes of at least 4 members (excludes halogenated alkanes) is 2. The fraction of sp³-hybridized carbons (Fsp3) is 0.419. The van der Waals surface area contributed by atoms with Gasteiger partial charge in [-0.25, -0.2) is 0 Å². The molecular formula is C31H39Cl2N3O2. The number of nitrogens with zero attached hydrogens (tertiary/aromatic N) is 1. The van der Waals surface area contributed by atoms with Crippen LogP contribution in [0.4, 0.5) is 0 Å². The van der Waals surface area contributed by atoms with Gasteiger partial charge in [0, 0.05) is 25.2 Å². The zero-order chi connectivity index (χ0) is 27.0. The molecule has 0 aromatic heterocycles. The van der Waals surface area contributed by atoms with Crippen LogP contribution in [0.25, 0.3) is 12.2 Å². The number of hydrogen-bond acceptors (Lipinski definition) is 3. The molecule has 1 saturated heterocycles. The fourth-order valence-corrected chi connectivity index (χ4v) is 4.90. The largest absolute Gasteiger partial charge is 0.353 e. The Morgan fingerprint density at radius 3 is 2.13 bits per heavy atom. The van der Waals surface area contributed by atoms with Crippen molar-refractivity contribution >= 4 is 47.2 Å². The lowest BCUT2D eigenvalue weighted by Crippen LogP contribution is -2.34. The maximum atomic E-state index is 12.0. The Morgan fingerprint density at radius 2 is 1.45 bits per heavy atom. The third-order valence-corrected chi connectivity index (χ3v) is 7.58. The minimum Gasteiger partial charge on any atom is -0.353 e. The molecule has 1 aliphatic rings. The van der Waals surface area contributed by atoms with Gasteiger partial charge in [-0.15, -0.1) is 0 Å². The highest BCUT2D eigenvalue weighted by Crippen LogP contribution is 2.23. The summed E-state index contributed by atoms with van der Waals surface area (Å²) in [6, 6.07) is 15.2. The van der Waals surface area contributed by atoms with Crippen LogP contribution in [0.1, 0.15) is 56.1 Å². The number of likely N-dealkylation sites (tertiary alicyclic amines) is 1. The van der Waals surface area contributed by atoms with E-state index in [9.17, 15) is 9.59 Å². The second-order valence-electron chi connectivity index (χ2n) is 9.82. The van der Waals surface area contributed by atoms with Gasteiger partial charge in [-0.05, 0) is 99.5 Å². The summed E-state index contributed by atoms with van der Waals surface area (Å²) in [4.78, 5) is 26.5. The number of piperidine rings is 1. The summed E-state index contributed by atoms with van der Waals surface area (Å²) in [5.41, 5.74) is 1.88. The third-order valence-electron chi connectivity index (χ3n) is 6.84.